The molecule has 0 aliphatic carbocycles. The van der Waals surface area contributed by atoms with Crippen molar-refractivity contribution in [3.8, 4) is 0 Å². The molecule has 1 N–H and O–H groups in total. The third-order valence-electron chi connectivity index (χ3n) is 2.86. The molecule has 0 amide bonds. The summed E-state index contributed by atoms with van der Waals surface area (Å²) in [5.41, 5.74) is 1.20. The number of thiazole rings is 1. The Morgan fingerprint density at radius 2 is 2.24 bits per heavy atom. The van der Waals surface area contributed by atoms with Crippen molar-refractivity contribution < 1.29 is 0 Å². The van der Waals surface area contributed by atoms with E-state index in [1.54, 1.807) is 23.1 Å². The summed E-state index contributed by atoms with van der Waals surface area (Å²) in [6.07, 6.45) is 2.08. The molecule has 3 aromatic heterocycles. The minimum Gasteiger partial charge on any atom is -0.311 e. The molecule has 112 valence electrons. The first-order valence-corrected chi connectivity index (χ1v) is 9.23. The summed E-state index contributed by atoms with van der Waals surface area (Å²) in [6, 6.07) is 0. The molecule has 0 fully saturated rings. The molecule has 8 heteroatoms. The highest BCUT2D eigenvalue weighted by atomic mass is 32.2. The number of nitrogens with one attached hydrogen (secondary N) is 1. The Hall–Kier alpha value is -0.960. The van der Waals surface area contributed by atoms with Crippen LogP contribution in [0.5, 0.6) is 0 Å². The van der Waals surface area contributed by atoms with E-state index in [2.05, 4.69) is 44.5 Å². The molecule has 0 aromatic carbocycles. The molecule has 0 atom stereocenters. The molecular weight excluding hydrogens is 322 g/mol. The van der Waals surface area contributed by atoms with Gasteiger partial charge in [-0.2, -0.15) is 4.37 Å². The van der Waals surface area contributed by atoms with E-state index in [1.165, 1.54) is 17.2 Å². The smallest absolute Gasteiger partial charge is 0.194 e. The van der Waals surface area contributed by atoms with Crippen LogP contribution in [0.4, 0.5) is 0 Å². The lowest BCUT2D eigenvalue weighted by molar-refractivity contribution is 0.544. The van der Waals surface area contributed by atoms with Gasteiger partial charge in [-0.1, -0.05) is 13.8 Å². The fourth-order valence-electron chi connectivity index (χ4n) is 1.94. The molecule has 3 rings (SSSR count). The van der Waals surface area contributed by atoms with Crippen LogP contribution in [0.2, 0.25) is 0 Å². The van der Waals surface area contributed by atoms with Gasteiger partial charge in [0.05, 0.1) is 5.69 Å². The quantitative estimate of drug-likeness (QED) is 0.745. The van der Waals surface area contributed by atoms with Crippen LogP contribution < -0.4 is 5.32 Å². The molecule has 0 aliphatic rings. The lowest BCUT2D eigenvalue weighted by Crippen LogP contribution is -2.20. The highest BCUT2D eigenvalue weighted by molar-refractivity contribution is 8.00. The molecule has 0 aliphatic heterocycles. The Morgan fingerprint density at radius 1 is 1.38 bits per heavy atom. The molecule has 0 saturated carbocycles. The molecule has 0 saturated heterocycles. The largest absolute Gasteiger partial charge is 0.311 e. The van der Waals surface area contributed by atoms with Gasteiger partial charge < -0.3 is 5.32 Å². The second-order valence-electron chi connectivity index (χ2n) is 5.15. The maximum Gasteiger partial charge on any atom is 0.194 e. The first-order valence-electron chi connectivity index (χ1n) is 6.77. The molecule has 0 radical (unpaired) electrons. The Kier molecular flexibility index (Phi) is 4.58. The van der Waals surface area contributed by atoms with E-state index in [0.29, 0.717) is 5.92 Å². The minimum atomic E-state index is 0.637. The zero-order valence-corrected chi connectivity index (χ0v) is 14.6. The summed E-state index contributed by atoms with van der Waals surface area (Å²) >= 11 is 4.69. The van der Waals surface area contributed by atoms with Gasteiger partial charge in [-0.05, 0) is 42.7 Å². The van der Waals surface area contributed by atoms with Gasteiger partial charge in [0.15, 0.2) is 9.30 Å². The second kappa shape index (κ2) is 6.43. The van der Waals surface area contributed by atoms with Crippen molar-refractivity contribution in [2.24, 2.45) is 5.92 Å². The minimum absolute atomic E-state index is 0.637. The normalized spacial score (nSPS) is 11.8. The topological polar surface area (TPSA) is 55.1 Å². The predicted octanol–water partition coefficient (Wildman–Crippen LogP) is 3.45. The van der Waals surface area contributed by atoms with Crippen LogP contribution in [0.25, 0.3) is 4.96 Å². The Balaban J connectivity index is 1.84. The van der Waals surface area contributed by atoms with Crippen LogP contribution in [0.15, 0.2) is 20.9 Å². The monoisotopic (exact) mass is 339 g/mol. The first kappa shape index (κ1) is 15.0. The number of aromatic nitrogens is 4. The van der Waals surface area contributed by atoms with E-state index in [9.17, 15) is 0 Å². The molecular formula is C13H17N5S3. The summed E-state index contributed by atoms with van der Waals surface area (Å²) < 4.78 is 7.34. The van der Waals surface area contributed by atoms with Crippen molar-refractivity contribution in [2.45, 2.75) is 36.7 Å². The SMILES string of the molecule is Cc1nsc(Sc2nc3sccn3c2CNCC(C)C)n1. The van der Waals surface area contributed by atoms with Crippen LogP contribution >= 0.6 is 34.6 Å². The van der Waals surface area contributed by atoms with Gasteiger partial charge in [0.1, 0.15) is 10.9 Å². The maximum absolute atomic E-state index is 4.72. The first-order chi connectivity index (χ1) is 10.1. The van der Waals surface area contributed by atoms with Crippen molar-refractivity contribution in [1.29, 1.82) is 0 Å². The van der Waals surface area contributed by atoms with E-state index in [1.807, 2.05) is 6.92 Å². The molecule has 0 unspecified atom stereocenters. The average molecular weight is 340 g/mol. The van der Waals surface area contributed by atoms with Gasteiger partial charge in [0, 0.05) is 18.1 Å². The Labute approximate surface area is 136 Å². The van der Waals surface area contributed by atoms with Crippen molar-refractivity contribution in [1.82, 2.24) is 24.1 Å². The van der Waals surface area contributed by atoms with E-state index < -0.39 is 0 Å². The van der Waals surface area contributed by atoms with Gasteiger partial charge in [0.25, 0.3) is 0 Å². The summed E-state index contributed by atoms with van der Waals surface area (Å²) in [7, 11) is 0. The van der Waals surface area contributed by atoms with E-state index in [-0.39, 0.29) is 0 Å². The van der Waals surface area contributed by atoms with Gasteiger partial charge >= 0.3 is 0 Å². The third-order valence-corrected chi connectivity index (χ3v) is 5.48. The summed E-state index contributed by atoms with van der Waals surface area (Å²) in [4.78, 5) is 10.2. The van der Waals surface area contributed by atoms with E-state index in [4.69, 9.17) is 4.98 Å². The molecule has 0 bridgehead atoms. The van der Waals surface area contributed by atoms with Crippen LogP contribution in [0.1, 0.15) is 25.4 Å². The van der Waals surface area contributed by atoms with Gasteiger partial charge in [-0.3, -0.25) is 4.40 Å². The summed E-state index contributed by atoms with van der Waals surface area (Å²) in [5.74, 6) is 1.46. The molecule has 5 nitrogen and oxygen atoms in total. The number of nitrogens with zero attached hydrogens (tertiary/aromatic N) is 4. The number of hydrogen-bond acceptors (Lipinski definition) is 7. The number of fused-ring (bicyclic) bond motifs is 1. The Morgan fingerprint density at radius 3 is 2.95 bits per heavy atom. The fourth-order valence-corrected chi connectivity index (χ4v) is 4.41. The van der Waals surface area contributed by atoms with Gasteiger partial charge in [0.2, 0.25) is 0 Å². The van der Waals surface area contributed by atoms with Crippen molar-refractivity contribution in [3.63, 3.8) is 0 Å². The Bertz CT molecular complexity index is 727. The van der Waals surface area contributed by atoms with Crippen LogP contribution in [-0.2, 0) is 6.54 Å². The molecule has 3 aromatic rings. The van der Waals surface area contributed by atoms with E-state index in [0.717, 1.165) is 33.2 Å². The standard InChI is InChI=1S/C13H17N5S3/c1-8(2)6-14-7-10-11(16-12-18(10)4-5-19-12)20-13-15-9(3)17-21-13/h4-5,8,14H,6-7H2,1-3H3. The highest BCUT2D eigenvalue weighted by Crippen LogP contribution is 2.32. The lowest BCUT2D eigenvalue weighted by atomic mass is 10.2. The molecule has 21 heavy (non-hydrogen) atoms. The predicted molar refractivity (Wildman–Crippen MR) is 88.4 cm³/mol. The fraction of sp³-hybridized carbons (Fsp3) is 0.462. The van der Waals surface area contributed by atoms with Crippen molar-refractivity contribution >= 4 is 39.6 Å². The third kappa shape index (κ3) is 3.45. The molecule has 0 spiro atoms. The van der Waals surface area contributed by atoms with Gasteiger partial charge in [-0.25, -0.2) is 9.97 Å². The highest BCUT2D eigenvalue weighted by Gasteiger charge is 2.16. The summed E-state index contributed by atoms with van der Waals surface area (Å²) in [5, 5.41) is 6.59. The number of rotatable bonds is 6. The molecule has 3 heterocycles. The lowest BCUT2D eigenvalue weighted by Gasteiger charge is -2.07. The van der Waals surface area contributed by atoms with Crippen LogP contribution in [0, 0.1) is 12.8 Å². The van der Waals surface area contributed by atoms with Gasteiger partial charge in [-0.15, -0.1) is 11.3 Å². The van der Waals surface area contributed by atoms with E-state index >= 15 is 0 Å². The van der Waals surface area contributed by atoms with Crippen LogP contribution in [-0.4, -0.2) is 25.3 Å². The number of hydrogen-bond donors (Lipinski definition) is 1. The van der Waals surface area contributed by atoms with Crippen LogP contribution in [0.3, 0.4) is 0 Å². The second-order valence-corrected chi connectivity index (χ2v) is 8.01. The van der Waals surface area contributed by atoms with Crippen molar-refractivity contribution in [2.75, 3.05) is 6.54 Å². The zero-order chi connectivity index (χ0) is 14.8. The summed E-state index contributed by atoms with van der Waals surface area (Å²) in [6.45, 7) is 8.15. The maximum atomic E-state index is 4.72. The van der Waals surface area contributed by atoms with Crippen molar-refractivity contribution in [3.05, 3.63) is 23.1 Å². The number of imidazole rings is 1. The number of aryl methyl sites for hydroxylation is 1. The zero-order valence-electron chi connectivity index (χ0n) is 12.2. The average Bonchev–Trinajstić information content (AvgIpc) is 3.09.